The molecule has 13 heteroatoms. The highest BCUT2D eigenvalue weighted by molar-refractivity contribution is 7.46. The van der Waals surface area contributed by atoms with Crippen LogP contribution in [0.5, 0.6) is 5.75 Å². The molecule has 5 rings (SSSR count). The van der Waals surface area contributed by atoms with Gasteiger partial charge < -0.3 is 19.6 Å². The molecule has 3 aromatic carbocycles. The Morgan fingerprint density at radius 3 is 2.20 bits per heavy atom. The van der Waals surface area contributed by atoms with Crippen LogP contribution in [0, 0.1) is 0 Å². The van der Waals surface area contributed by atoms with Gasteiger partial charge in [-0.1, -0.05) is 78.9 Å². The van der Waals surface area contributed by atoms with Crippen LogP contribution in [0.25, 0.3) is 0 Å². The number of piperazine rings is 1. The quantitative estimate of drug-likeness (QED) is 0.232. The topological polar surface area (TPSA) is 143 Å². The summed E-state index contributed by atoms with van der Waals surface area (Å²) in [5.74, 6) is -0.602. The number of nitrogens with one attached hydrogen (secondary N) is 1. The molecule has 0 bridgehead atoms. The van der Waals surface area contributed by atoms with Gasteiger partial charge in [0.25, 0.3) is 0 Å². The summed E-state index contributed by atoms with van der Waals surface area (Å²) in [5, 5.41) is 6.11. The molecule has 2 saturated heterocycles. The van der Waals surface area contributed by atoms with Crippen molar-refractivity contribution in [2.24, 2.45) is 0 Å². The summed E-state index contributed by atoms with van der Waals surface area (Å²) in [7, 11) is -4.74. The molecule has 4 amide bonds. The van der Waals surface area contributed by atoms with Crippen LogP contribution in [0.3, 0.4) is 0 Å². The number of phosphoric acid groups is 1. The van der Waals surface area contributed by atoms with Gasteiger partial charge in [-0.05, 0) is 28.8 Å². The minimum atomic E-state index is -4.74. The maximum Gasteiger partial charge on any atom is 0.524 e. The van der Waals surface area contributed by atoms with Gasteiger partial charge in [0.2, 0.25) is 11.8 Å². The highest BCUT2D eigenvalue weighted by Crippen LogP contribution is 2.37. The average Bonchev–Trinajstić information content (AvgIpc) is 2.99. The third kappa shape index (κ3) is 7.35. The molecule has 44 heavy (non-hydrogen) atoms. The number of phosphoric ester groups is 1. The van der Waals surface area contributed by atoms with Crippen molar-refractivity contribution >= 4 is 25.7 Å². The fraction of sp³-hybridized carbons (Fsp3) is 0.258. The molecule has 3 aromatic rings. The van der Waals surface area contributed by atoms with E-state index in [0.29, 0.717) is 5.56 Å². The number of carbonyl (C=O) groups excluding carboxylic acids is 3. The average molecular weight is 620 g/mol. The Labute approximate surface area is 255 Å². The van der Waals surface area contributed by atoms with Gasteiger partial charge in [-0.25, -0.2) is 19.4 Å². The van der Waals surface area contributed by atoms with E-state index in [1.165, 1.54) is 22.0 Å². The first-order valence-corrected chi connectivity index (χ1v) is 15.6. The summed E-state index contributed by atoms with van der Waals surface area (Å²) in [4.78, 5) is 62.9. The van der Waals surface area contributed by atoms with Crippen LogP contribution in [-0.4, -0.2) is 79.3 Å². The number of hydrogen-bond acceptors (Lipinski definition) is 6. The molecule has 2 aliphatic heterocycles. The van der Waals surface area contributed by atoms with E-state index in [9.17, 15) is 18.9 Å². The van der Waals surface area contributed by atoms with Crippen molar-refractivity contribution in [1.82, 2.24) is 25.1 Å². The first kappa shape index (κ1) is 31.0. The molecule has 2 fully saturated rings. The van der Waals surface area contributed by atoms with E-state index < -0.39 is 26.1 Å². The third-order valence-electron chi connectivity index (χ3n) is 7.46. The number of benzene rings is 3. The van der Waals surface area contributed by atoms with Crippen LogP contribution < -0.4 is 9.84 Å². The summed E-state index contributed by atoms with van der Waals surface area (Å²) in [6.45, 7) is 4.58. The second-order valence-electron chi connectivity index (χ2n) is 10.6. The van der Waals surface area contributed by atoms with Crippen LogP contribution in [0.2, 0.25) is 0 Å². The molecule has 0 aromatic heterocycles. The standard InChI is InChI=1S/C31H34N5O7P/c1-2-17-34-22-29(37)35-27(18-23-13-15-26(16-14-23)43-44(40,41)42)30(38)33(20-25-11-7-4-8-12-25)21-28(35)36(34)31(39)32-19-24-9-5-3-6-10-24/h2-16,27-28H,1,17-22H2,(H,32,39)(H2,40,41,42)/t27-,28-/m0/s1. The predicted octanol–water partition coefficient (Wildman–Crippen LogP) is 2.89. The molecule has 230 valence electrons. The zero-order chi connectivity index (χ0) is 31.3. The van der Waals surface area contributed by atoms with Gasteiger partial charge in [-0.2, -0.15) is 0 Å². The van der Waals surface area contributed by atoms with E-state index in [1.807, 2.05) is 60.7 Å². The van der Waals surface area contributed by atoms with E-state index in [4.69, 9.17) is 9.79 Å². The number of fused-ring (bicyclic) bond motifs is 1. The number of hydrazine groups is 1. The molecule has 2 aliphatic rings. The van der Waals surface area contributed by atoms with Crippen molar-refractivity contribution in [3.8, 4) is 5.75 Å². The number of urea groups is 1. The first-order valence-electron chi connectivity index (χ1n) is 14.1. The van der Waals surface area contributed by atoms with Crippen molar-refractivity contribution in [3.05, 3.63) is 114 Å². The largest absolute Gasteiger partial charge is 0.524 e. The van der Waals surface area contributed by atoms with Gasteiger partial charge in [0.05, 0.1) is 13.1 Å². The minimum absolute atomic E-state index is 0.0315. The van der Waals surface area contributed by atoms with Crippen molar-refractivity contribution in [1.29, 1.82) is 0 Å². The highest BCUT2D eigenvalue weighted by Gasteiger charge is 2.51. The monoisotopic (exact) mass is 619 g/mol. The predicted molar refractivity (Wildman–Crippen MR) is 161 cm³/mol. The summed E-state index contributed by atoms with van der Waals surface area (Å²) in [5.41, 5.74) is 2.45. The lowest BCUT2D eigenvalue weighted by molar-refractivity contribution is -0.189. The van der Waals surface area contributed by atoms with Gasteiger partial charge in [-0.3, -0.25) is 19.4 Å². The Hall–Kier alpha value is -4.48. The Morgan fingerprint density at radius 2 is 1.59 bits per heavy atom. The first-order chi connectivity index (χ1) is 21.1. The summed E-state index contributed by atoms with van der Waals surface area (Å²) in [6.07, 6.45) is 0.939. The van der Waals surface area contributed by atoms with Gasteiger partial charge in [-0.15, -0.1) is 6.58 Å². The third-order valence-corrected chi connectivity index (χ3v) is 7.91. The van der Waals surface area contributed by atoms with Crippen LogP contribution in [-0.2, 0) is 33.7 Å². The number of nitrogens with zero attached hydrogens (tertiary/aromatic N) is 4. The second-order valence-corrected chi connectivity index (χ2v) is 11.7. The minimum Gasteiger partial charge on any atom is -0.404 e. The van der Waals surface area contributed by atoms with Gasteiger partial charge >= 0.3 is 13.9 Å². The van der Waals surface area contributed by atoms with Crippen molar-refractivity contribution in [3.63, 3.8) is 0 Å². The van der Waals surface area contributed by atoms with Gasteiger partial charge in [0.1, 0.15) is 18.0 Å². The van der Waals surface area contributed by atoms with E-state index in [-0.39, 0.29) is 56.7 Å². The molecule has 2 heterocycles. The Morgan fingerprint density at radius 1 is 0.955 bits per heavy atom. The van der Waals surface area contributed by atoms with Crippen LogP contribution in [0.1, 0.15) is 16.7 Å². The zero-order valence-electron chi connectivity index (χ0n) is 23.9. The number of carbonyl (C=O) groups is 3. The maximum atomic E-state index is 14.0. The molecule has 2 atom stereocenters. The lowest BCUT2D eigenvalue weighted by Crippen LogP contribution is -2.76. The number of hydrogen-bond donors (Lipinski definition) is 3. The van der Waals surface area contributed by atoms with Crippen molar-refractivity contribution < 1.29 is 33.3 Å². The molecule has 12 nitrogen and oxygen atoms in total. The lowest BCUT2D eigenvalue weighted by atomic mass is 9.98. The smallest absolute Gasteiger partial charge is 0.404 e. The number of rotatable bonds is 10. The normalized spacial score (nSPS) is 19.0. The SMILES string of the molecule is C=CCN1CC(=O)N2[C@@H](Cc3ccc(OP(=O)(O)O)cc3)C(=O)N(Cc3ccccc3)C[C@@H]2N1C(=O)NCc1ccccc1. The zero-order valence-corrected chi connectivity index (χ0v) is 24.8. The Balaban J connectivity index is 1.47. The summed E-state index contributed by atoms with van der Waals surface area (Å²) >= 11 is 0. The molecular formula is C31H34N5O7P. The van der Waals surface area contributed by atoms with Gasteiger partial charge in [0, 0.05) is 26.1 Å². The molecule has 0 radical (unpaired) electrons. The fourth-order valence-corrected chi connectivity index (χ4v) is 5.95. The molecule has 0 saturated carbocycles. The second kappa shape index (κ2) is 13.4. The molecule has 0 aliphatic carbocycles. The molecule has 3 N–H and O–H groups in total. The van der Waals surface area contributed by atoms with E-state index in [0.717, 1.165) is 11.1 Å². The Kier molecular flexibility index (Phi) is 9.46. The summed E-state index contributed by atoms with van der Waals surface area (Å²) < 4.78 is 15.9. The van der Waals surface area contributed by atoms with Crippen LogP contribution in [0.4, 0.5) is 4.79 Å². The van der Waals surface area contributed by atoms with Crippen molar-refractivity contribution in [2.75, 3.05) is 19.6 Å². The van der Waals surface area contributed by atoms with Crippen molar-refractivity contribution in [2.45, 2.75) is 31.7 Å². The van der Waals surface area contributed by atoms with Crippen LogP contribution >= 0.6 is 7.82 Å². The van der Waals surface area contributed by atoms with E-state index >= 15 is 0 Å². The number of amides is 4. The highest BCUT2D eigenvalue weighted by atomic mass is 31.2. The van der Waals surface area contributed by atoms with Gasteiger partial charge in [0.15, 0.2) is 0 Å². The molecule has 0 spiro atoms. The molecule has 0 unspecified atom stereocenters. The molecular weight excluding hydrogens is 585 g/mol. The van der Waals surface area contributed by atoms with E-state index in [1.54, 1.807) is 28.1 Å². The maximum absolute atomic E-state index is 14.0. The van der Waals surface area contributed by atoms with E-state index in [2.05, 4.69) is 16.4 Å². The lowest BCUT2D eigenvalue weighted by Gasteiger charge is -2.55. The fourth-order valence-electron chi connectivity index (χ4n) is 5.55. The van der Waals surface area contributed by atoms with Crippen LogP contribution in [0.15, 0.2) is 97.6 Å². The Bertz CT molecular complexity index is 1530. The summed E-state index contributed by atoms with van der Waals surface area (Å²) in [6, 6.07) is 23.6.